The molecule has 0 amide bonds. The molecule has 1 aromatic rings. The Morgan fingerprint density at radius 1 is 1.17 bits per heavy atom. The van der Waals surface area contributed by atoms with E-state index in [1.165, 1.54) is 0 Å². The summed E-state index contributed by atoms with van der Waals surface area (Å²) in [6.07, 6.45) is 0. The molecule has 0 bridgehead atoms. The predicted molar refractivity (Wildman–Crippen MR) is 50.9 cm³/mol. The van der Waals surface area contributed by atoms with Gasteiger partial charge in [-0.05, 0) is 19.1 Å². The number of hydrogen-bond acceptors (Lipinski definition) is 2. The Morgan fingerprint density at radius 2 is 1.75 bits per heavy atom. The van der Waals surface area contributed by atoms with Crippen molar-refractivity contribution in [1.29, 1.82) is 0 Å². The van der Waals surface area contributed by atoms with Crippen molar-refractivity contribution in [3.8, 4) is 11.5 Å². The Morgan fingerprint density at radius 3 is 2.25 bits per heavy atom. The highest BCUT2D eigenvalue weighted by molar-refractivity contribution is 5.39. The van der Waals surface area contributed by atoms with E-state index < -0.39 is 0 Å². The van der Waals surface area contributed by atoms with Gasteiger partial charge in [-0.2, -0.15) is 0 Å². The maximum absolute atomic E-state index is 5.30. The molecule has 0 unspecified atom stereocenters. The Labute approximate surface area is 74.1 Å². The molecule has 0 radical (unpaired) electrons. The van der Waals surface area contributed by atoms with Gasteiger partial charge in [-0.3, -0.25) is 0 Å². The first-order valence-corrected chi connectivity index (χ1v) is 3.64. The van der Waals surface area contributed by atoms with E-state index in [0.717, 1.165) is 11.5 Å². The van der Waals surface area contributed by atoms with E-state index in [2.05, 4.69) is 0 Å². The van der Waals surface area contributed by atoms with Crippen LogP contribution in [0, 0.1) is 0 Å². The minimum Gasteiger partial charge on any atom is -0.493 e. The van der Waals surface area contributed by atoms with Gasteiger partial charge >= 0.3 is 0 Å². The minimum absolute atomic E-state index is 0. The normalized spacial score (nSPS) is 8.50. The first kappa shape index (κ1) is 10.8. The summed E-state index contributed by atoms with van der Waals surface area (Å²) >= 11 is 0. The van der Waals surface area contributed by atoms with Crippen LogP contribution in [0.1, 0.15) is 14.4 Å². The predicted octanol–water partition coefficient (Wildman–Crippen LogP) is 2.73. The van der Waals surface area contributed by atoms with Gasteiger partial charge in [0.2, 0.25) is 0 Å². The van der Waals surface area contributed by atoms with Gasteiger partial charge in [-0.25, -0.2) is 0 Å². The van der Waals surface area contributed by atoms with Gasteiger partial charge in [0, 0.05) is 0 Å². The van der Waals surface area contributed by atoms with Crippen molar-refractivity contribution in [2.45, 2.75) is 14.4 Å². The van der Waals surface area contributed by atoms with Crippen LogP contribution >= 0.6 is 0 Å². The first-order chi connectivity index (χ1) is 5.38. The zero-order valence-corrected chi connectivity index (χ0v) is 6.83. The highest BCUT2D eigenvalue weighted by atomic mass is 16.5. The topological polar surface area (TPSA) is 18.5 Å². The lowest BCUT2D eigenvalue weighted by Gasteiger charge is -2.07. The summed E-state index contributed by atoms with van der Waals surface area (Å²) in [7, 11) is 1.64. The molecule has 0 fully saturated rings. The van der Waals surface area contributed by atoms with Crippen molar-refractivity contribution in [3.05, 3.63) is 24.3 Å². The fraction of sp³-hybridized carbons (Fsp3) is 0.400. The summed E-state index contributed by atoms with van der Waals surface area (Å²) in [4.78, 5) is 0. The molecule has 2 heteroatoms. The Balaban J connectivity index is 0.00000121. The number of benzene rings is 1. The second-order valence-corrected chi connectivity index (χ2v) is 2.08. The number of para-hydroxylation sites is 2. The number of rotatable bonds is 3. The van der Waals surface area contributed by atoms with E-state index >= 15 is 0 Å². The lowest BCUT2D eigenvalue weighted by molar-refractivity contribution is 0.311. The van der Waals surface area contributed by atoms with Crippen LogP contribution in [0.4, 0.5) is 0 Å². The molecule has 1 rings (SSSR count). The van der Waals surface area contributed by atoms with Crippen LogP contribution in [-0.2, 0) is 0 Å². The maximum atomic E-state index is 5.30. The van der Waals surface area contributed by atoms with Crippen LogP contribution in [0.2, 0.25) is 0 Å². The average molecular weight is 168 g/mol. The van der Waals surface area contributed by atoms with E-state index in [1.54, 1.807) is 7.11 Å². The molecular formula is C10H16O2. The van der Waals surface area contributed by atoms with Gasteiger partial charge in [0.05, 0.1) is 13.7 Å². The monoisotopic (exact) mass is 168 g/mol. The van der Waals surface area contributed by atoms with Crippen LogP contribution in [-0.4, -0.2) is 13.7 Å². The van der Waals surface area contributed by atoms with E-state index in [4.69, 9.17) is 9.47 Å². The fourth-order valence-corrected chi connectivity index (χ4v) is 0.894. The third-order valence-corrected chi connectivity index (χ3v) is 1.37. The van der Waals surface area contributed by atoms with Crippen molar-refractivity contribution >= 4 is 0 Å². The van der Waals surface area contributed by atoms with Gasteiger partial charge in [0.1, 0.15) is 0 Å². The second kappa shape index (κ2) is 5.47. The fourth-order valence-electron chi connectivity index (χ4n) is 0.894. The zero-order chi connectivity index (χ0) is 8.10. The lowest BCUT2D eigenvalue weighted by atomic mass is 10.3. The third-order valence-electron chi connectivity index (χ3n) is 1.37. The van der Waals surface area contributed by atoms with Crippen molar-refractivity contribution in [2.24, 2.45) is 0 Å². The molecule has 0 saturated carbocycles. The largest absolute Gasteiger partial charge is 0.493 e. The lowest BCUT2D eigenvalue weighted by Crippen LogP contribution is -1.94. The maximum Gasteiger partial charge on any atom is 0.161 e. The summed E-state index contributed by atoms with van der Waals surface area (Å²) in [6.45, 7) is 2.62. The molecule has 0 aliphatic carbocycles. The summed E-state index contributed by atoms with van der Waals surface area (Å²) in [5.74, 6) is 1.59. The van der Waals surface area contributed by atoms with Crippen molar-refractivity contribution in [3.63, 3.8) is 0 Å². The SMILES string of the molecule is C.CCOc1ccccc1OC. The molecule has 1 aromatic carbocycles. The van der Waals surface area contributed by atoms with E-state index in [9.17, 15) is 0 Å². The highest BCUT2D eigenvalue weighted by Gasteiger charge is 1.99. The Hall–Kier alpha value is -1.18. The number of methoxy groups -OCH3 is 1. The molecule has 0 N–H and O–H groups in total. The minimum atomic E-state index is 0. The molecule has 0 atom stereocenters. The summed E-state index contributed by atoms with van der Waals surface area (Å²) < 4.78 is 10.4. The molecular weight excluding hydrogens is 152 g/mol. The second-order valence-electron chi connectivity index (χ2n) is 2.08. The highest BCUT2D eigenvalue weighted by Crippen LogP contribution is 2.25. The average Bonchev–Trinajstić information content (AvgIpc) is 2.06. The van der Waals surface area contributed by atoms with Gasteiger partial charge in [0.25, 0.3) is 0 Å². The van der Waals surface area contributed by atoms with E-state index in [1.807, 2.05) is 31.2 Å². The van der Waals surface area contributed by atoms with Crippen molar-refractivity contribution in [1.82, 2.24) is 0 Å². The standard InChI is InChI=1S/C9H12O2.CH4/c1-3-11-9-7-5-4-6-8(9)10-2;/h4-7H,3H2,1-2H3;1H4. The van der Waals surface area contributed by atoms with Crippen LogP contribution < -0.4 is 9.47 Å². The van der Waals surface area contributed by atoms with Crippen LogP contribution in [0.15, 0.2) is 24.3 Å². The van der Waals surface area contributed by atoms with Crippen molar-refractivity contribution < 1.29 is 9.47 Å². The quantitative estimate of drug-likeness (QED) is 0.691. The Bertz CT molecular complexity index is 221. The van der Waals surface area contributed by atoms with Crippen LogP contribution in [0.5, 0.6) is 11.5 Å². The van der Waals surface area contributed by atoms with Crippen molar-refractivity contribution in [2.75, 3.05) is 13.7 Å². The molecule has 0 saturated heterocycles. The van der Waals surface area contributed by atoms with E-state index in [0.29, 0.717) is 6.61 Å². The van der Waals surface area contributed by atoms with Gasteiger partial charge in [0.15, 0.2) is 11.5 Å². The third kappa shape index (κ3) is 2.46. The smallest absolute Gasteiger partial charge is 0.161 e. The molecule has 68 valence electrons. The van der Waals surface area contributed by atoms with Gasteiger partial charge in [-0.15, -0.1) is 0 Å². The molecule has 0 heterocycles. The molecule has 2 nitrogen and oxygen atoms in total. The number of ether oxygens (including phenoxy) is 2. The first-order valence-electron chi connectivity index (χ1n) is 3.64. The summed E-state index contributed by atoms with van der Waals surface area (Å²) in [5, 5.41) is 0. The summed E-state index contributed by atoms with van der Waals surface area (Å²) in [6, 6.07) is 7.61. The van der Waals surface area contributed by atoms with Gasteiger partial charge in [-0.1, -0.05) is 19.6 Å². The van der Waals surface area contributed by atoms with Crippen LogP contribution in [0.3, 0.4) is 0 Å². The molecule has 0 aromatic heterocycles. The van der Waals surface area contributed by atoms with Crippen LogP contribution in [0.25, 0.3) is 0 Å². The summed E-state index contributed by atoms with van der Waals surface area (Å²) in [5.41, 5.74) is 0. The molecule has 0 spiro atoms. The molecule has 12 heavy (non-hydrogen) atoms. The number of hydrogen-bond donors (Lipinski definition) is 0. The van der Waals surface area contributed by atoms with Gasteiger partial charge < -0.3 is 9.47 Å². The zero-order valence-electron chi connectivity index (χ0n) is 6.83. The van der Waals surface area contributed by atoms with E-state index in [-0.39, 0.29) is 7.43 Å². The Kier molecular flexibility index (Phi) is 4.93. The molecule has 0 aliphatic heterocycles. The molecule has 0 aliphatic rings.